The van der Waals surface area contributed by atoms with Crippen LogP contribution in [0.2, 0.25) is 0 Å². The first-order chi connectivity index (χ1) is 8.22. The summed E-state index contributed by atoms with van der Waals surface area (Å²) in [6.45, 7) is 2.86. The van der Waals surface area contributed by atoms with E-state index in [1.54, 1.807) is 6.20 Å². The molecule has 0 radical (unpaired) electrons. The maximum absolute atomic E-state index is 5.76. The van der Waals surface area contributed by atoms with Crippen LogP contribution in [0.1, 0.15) is 12.5 Å². The number of alkyl halides is 1. The monoisotopic (exact) mass is 314 g/mol. The quantitative estimate of drug-likeness (QED) is 0.791. The van der Waals surface area contributed by atoms with Crippen LogP contribution in [0.15, 0.2) is 35.1 Å². The Morgan fingerprint density at radius 1 is 1.47 bits per heavy atom. The number of hydrogen-bond acceptors (Lipinski definition) is 2. The maximum atomic E-state index is 5.76. The van der Waals surface area contributed by atoms with Gasteiger partial charge in [0.15, 0.2) is 5.75 Å². The molecule has 2 rings (SSSR count). The van der Waals surface area contributed by atoms with Crippen molar-refractivity contribution >= 4 is 27.5 Å². The van der Waals surface area contributed by atoms with Crippen LogP contribution in [0.4, 0.5) is 0 Å². The molecule has 0 atom stereocenters. The first-order valence-electron chi connectivity index (χ1n) is 5.27. The molecule has 1 heterocycles. The molecule has 0 spiro atoms. The Hall–Kier alpha value is -1.00. The number of aryl methyl sites for hydroxylation is 1. The molecule has 1 aromatic heterocycles. The molecule has 0 amide bonds. The van der Waals surface area contributed by atoms with Gasteiger partial charge in [0.1, 0.15) is 5.75 Å². The van der Waals surface area contributed by atoms with E-state index in [9.17, 15) is 0 Å². The highest BCUT2D eigenvalue weighted by Crippen LogP contribution is 2.30. The lowest BCUT2D eigenvalue weighted by molar-refractivity contribution is 0.478. The molecular formula is C12H12BrClN2O. The Labute approximate surface area is 113 Å². The fourth-order valence-corrected chi connectivity index (χ4v) is 2.08. The van der Waals surface area contributed by atoms with Gasteiger partial charge < -0.3 is 4.74 Å². The van der Waals surface area contributed by atoms with E-state index in [-0.39, 0.29) is 0 Å². The molecule has 2 aromatic rings. The van der Waals surface area contributed by atoms with Crippen LogP contribution in [0, 0.1) is 0 Å². The summed E-state index contributed by atoms with van der Waals surface area (Å²) in [5, 5.41) is 4.15. The maximum Gasteiger partial charge on any atom is 0.165 e. The number of aromatic nitrogens is 2. The van der Waals surface area contributed by atoms with Crippen molar-refractivity contribution in [1.82, 2.24) is 9.78 Å². The normalized spacial score (nSPS) is 10.5. The molecule has 0 saturated carbocycles. The molecule has 0 saturated heterocycles. The van der Waals surface area contributed by atoms with Gasteiger partial charge in [-0.05, 0) is 40.5 Å². The molecule has 0 N–H and O–H groups in total. The van der Waals surface area contributed by atoms with Gasteiger partial charge in [0.25, 0.3) is 0 Å². The van der Waals surface area contributed by atoms with Crippen molar-refractivity contribution in [2.75, 3.05) is 0 Å². The van der Waals surface area contributed by atoms with E-state index >= 15 is 0 Å². The van der Waals surface area contributed by atoms with Gasteiger partial charge in [0.2, 0.25) is 0 Å². The molecule has 90 valence electrons. The SMILES string of the molecule is CCn1cc(Oc2ccc(CCl)cc2Br)cn1. The average Bonchev–Trinajstić information content (AvgIpc) is 2.79. The fraction of sp³-hybridized carbons (Fsp3) is 0.250. The Morgan fingerprint density at radius 3 is 2.88 bits per heavy atom. The number of nitrogens with zero attached hydrogens (tertiary/aromatic N) is 2. The molecule has 17 heavy (non-hydrogen) atoms. The third-order valence-corrected chi connectivity index (χ3v) is 3.24. The summed E-state index contributed by atoms with van der Waals surface area (Å²) in [4.78, 5) is 0. The van der Waals surface area contributed by atoms with E-state index in [0.717, 1.165) is 28.1 Å². The third kappa shape index (κ3) is 3.01. The van der Waals surface area contributed by atoms with Gasteiger partial charge in [0, 0.05) is 12.4 Å². The zero-order valence-corrected chi connectivity index (χ0v) is 11.7. The highest BCUT2D eigenvalue weighted by atomic mass is 79.9. The van der Waals surface area contributed by atoms with E-state index in [2.05, 4.69) is 21.0 Å². The van der Waals surface area contributed by atoms with Gasteiger partial charge in [0.05, 0.1) is 16.9 Å². The molecule has 0 bridgehead atoms. The van der Waals surface area contributed by atoms with E-state index in [1.807, 2.05) is 36.0 Å². The summed E-state index contributed by atoms with van der Waals surface area (Å²) < 4.78 is 8.42. The molecule has 1 aromatic carbocycles. The minimum Gasteiger partial charge on any atom is -0.453 e. The standard InChI is InChI=1S/C12H12BrClN2O/c1-2-16-8-10(7-15-16)17-12-4-3-9(6-14)5-11(12)13/h3-5,7-8H,2,6H2,1H3. The highest BCUT2D eigenvalue weighted by Gasteiger charge is 2.05. The first-order valence-corrected chi connectivity index (χ1v) is 6.60. The van der Waals surface area contributed by atoms with Gasteiger partial charge in [-0.1, -0.05) is 6.07 Å². The summed E-state index contributed by atoms with van der Waals surface area (Å²) in [5.74, 6) is 1.98. The van der Waals surface area contributed by atoms with Gasteiger partial charge >= 0.3 is 0 Å². The molecule has 0 aliphatic heterocycles. The smallest absolute Gasteiger partial charge is 0.165 e. The second-order valence-corrected chi connectivity index (χ2v) is 4.65. The van der Waals surface area contributed by atoms with Crippen molar-refractivity contribution in [2.24, 2.45) is 0 Å². The lowest BCUT2D eigenvalue weighted by Crippen LogP contribution is -1.92. The van der Waals surface area contributed by atoms with Crippen LogP contribution in [0.3, 0.4) is 0 Å². The Morgan fingerprint density at radius 2 is 2.29 bits per heavy atom. The Balaban J connectivity index is 2.18. The number of benzene rings is 1. The van der Waals surface area contributed by atoms with E-state index < -0.39 is 0 Å². The summed E-state index contributed by atoms with van der Waals surface area (Å²) >= 11 is 9.22. The van der Waals surface area contributed by atoms with Crippen LogP contribution < -0.4 is 4.74 Å². The van der Waals surface area contributed by atoms with E-state index in [0.29, 0.717) is 5.88 Å². The van der Waals surface area contributed by atoms with Crippen molar-refractivity contribution in [3.05, 3.63) is 40.6 Å². The third-order valence-electron chi connectivity index (χ3n) is 2.31. The van der Waals surface area contributed by atoms with Gasteiger partial charge in [-0.15, -0.1) is 11.6 Å². The van der Waals surface area contributed by atoms with Crippen LogP contribution in [-0.2, 0) is 12.4 Å². The van der Waals surface area contributed by atoms with Crippen molar-refractivity contribution in [1.29, 1.82) is 0 Å². The molecule has 0 aliphatic carbocycles. The largest absolute Gasteiger partial charge is 0.453 e. The van der Waals surface area contributed by atoms with E-state index in [4.69, 9.17) is 16.3 Å². The molecular weight excluding hydrogens is 304 g/mol. The first kappa shape index (κ1) is 12.5. The predicted molar refractivity (Wildman–Crippen MR) is 71.7 cm³/mol. The Bertz CT molecular complexity index is 513. The van der Waals surface area contributed by atoms with Crippen molar-refractivity contribution < 1.29 is 4.74 Å². The lowest BCUT2D eigenvalue weighted by Gasteiger charge is -2.06. The van der Waals surface area contributed by atoms with Gasteiger partial charge in [-0.25, -0.2) is 0 Å². The summed E-state index contributed by atoms with van der Waals surface area (Å²) in [6, 6.07) is 5.79. The Kier molecular flexibility index (Phi) is 4.07. The summed E-state index contributed by atoms with van der Waals surface area (Å²) in [5.41, 5.74) is 1.05. The number of hydrogen-bond donors (Lipinski definition) is 0. The van der Waals surface area contributed by atoms with Gasteiger partial charge in [-0.3, -0.25) is 4.68 Å². The molecule has 0 unspecified atom stereocenters. The average molecular weight is 316 g/mol. The minimum absolute atomic E-state index is 0.493. The highest BCUT2D eigenvalue weighted by molar-refractivity contribution is 9.10. The minimum atomic E-state index is 0.493. The summed E-state index contributed by atoms with van der Waals surface area (Å²) in [7, 11) is 0. The molecule has 0 fully saturated rings. The number of ether oxygens (including phenoxy) is 1. The molecule has 3 nitrogen and oxygen atoms in total. The predicted octanol–water partition coefficient (Wildman–Crippen LogP) is 4.20. The second-order valence-electron chi connectivity index (χ2n) is 3.53. The van der Waals surface area contributed by atoms with Crippen molar-refractivity contribution in [3.8, 4) is 11.5 Å². The van der Waals surface area contributed by atoms with Crippen LogP contribution in [-0.4, -0.2) is 9.78 Å². The number of rotatable bonds is 4. The van der Waals surface area contributed by atoms with Crippen LogP contribution in [0.25, 0.3) is 0 Å². The van der Waals surface area contributed by atoms with Crippen molar-refractivity contribution in [2.45, 2.75) is 19.3 Å². The zero-order chi connectivity index (χ0) is 12.3. The second kappa shape index (κ2) is 5.56. The van der Waals surface area contributed by atoms with Crippen molar-refractivity contribution in [3.63, 3.8) is 0 Å². The lowest BCUT2D eigenvalue weighted by atomic mass is 10.2. The molecule has 5 heteroatoms. The zero-order valence-electron chi connectivity index (χ0n) is 9.36. The number of halogens is 2. The summed E-state index contributed by atoms with van der Waals surface area (Å²) in [6.07, 6.45) is 3.56. The molecule has 0 aliphatic rings. The van der Waals surface area contributed by atoms with Crippen LogP contribution in [0.5, 0.6) is 11.5 Å². The van der Waals surface area contributed by atoms with E-state index in [1.165, 1.54) is 0 Å². The van der Waals surface area contributed by atoms with Crippen LogP contribution >= 0.6 is 27.5 Å². The topological polar surface area (TPSA) is 27.1 Å². The fourth-order valence-electron chi connectivity index (χ4n) is 1.41. The van der Waals surface area contributed by atoms with Gasteiger partial charge in [-0.2, -0.15) is 5.10 Å².